The van der Waals surface area contributed by atoms with Crippen LogP contribution < -0.4 is 21.3 Å². The third-order valence-electron chi connectivity index (χ3n) is 2.54. The lowest BCUT2D eigenvalue weighted by molar-refractivity contribution is 0.379. The third kappa shape index (κ3) is 4.70. The summed E-state index contributed by atoms with van der Waals surface area (Å²) >= 11 is 0. The Hall–Kier alpha value is -1.63. The van der Waals surface area contributed by atoms with Gasteiger partial charge in [-0.1, -0.05) is 26.2 Å². The summed E-state index contributed by atoms with van der Waals surface area (Å²) in [6, 6.07) is 0.537. The quantitative estimate of drug-likeness (QED) is 0.368. The van der Waals surface area contributed by atoms with Gasteiger partial charge in [0.15, 0.2) is 0 Å². The van der Waals surface area contributed by atoms with Crippen molar-refractivity contribution in [1.29, 1.82) is 0 Å². The number of nitrogens with zero attached hydrogens (tertiary/aromatic N) is 3. The highest BCUT2D eigenvalue weighted by molar-refractivity contribution is 5.35. The molecule has 4 N–H and O–H groups in total. The van der Waals surface area contributed by atoms with Crippen LogP contribution in [-0.4, -0.2) is 28.1 Å². The molecule has 7 heteroatoms. The number of ether oxygens (including phenoxy) is 1. The minimum atomic E-state index is 0.237. The summed E-state index contributed by atoms with van der Waals surface area (Å²) in [5, 5.41) is 3.21. The van der Waals surface area contributed by atoms with E-state index in [1.54, 1.807) is 0 Å². The van der Waals surface area contributed by atoms with Crippen LogP contribution >= 0.6 is 0 Å². The number of anilines is 2. The number of hydrogen-bond donors (Lipinski definition) is 3. The van der Waals surface area contributed by atoms with Crippen molar-refractivity contribution in [2.45, 2.75) is 45.6 Å². The zero-order valence-electron chi connectivity index (χ0n) is 11.2. The molecule has 0 aromatic carbocycles. The normalized spacial score (nSPS) is 12.0. The molecule has 1 aromatic heterocycles. The van der Waals surface area contributed by atoms with Gasteiger partial charge in [0.2, 0.25) is 11.9 Å². The van der Waals surface area contributed by atoms with Crippen LogP contribution in [0.15, 0.2) is 0 Å². The first-order valence-electron chi connectivity index (χ1n) is 6.22. The lowest BCUT2D eigenvalue weighted by atomic mass is 10.1. The van der Waals surface area contributed by atoms with Crippen molar-refractivity contribution >= 4 is 11.9 Å². The average molecular weight is 254 g/mol. The number of nitrogens with two attached hydrogens (primary N) is 1. The molecule has 18 heavy (non-hydrogen) atoms. The van der Waals surface area contributed by atoms with E-state index in [1.165, 1.54) is 26.4 Å². The van der Waals surface area contributed by atoms with Crippen LogP contribution in [0.5, 0.6) is 6.01 Å². The molecule has 1 aromatic rings. The number of aromatic nitrogens is 3. The molecule has 0 aliphatic carbocycles. The van der Waals surface area contributed by atoms with Gasteiger partial charge in [-0.05, 0) is 13.3 Å². The first-order valence-corrected chi connectivity index (χ1v) is 6.22. The summed E-state index contributed by atoms with van der Waals surface area (Å²) in [5.41, 5.74) is 2.39. The molecular weight excluding hydrogens is 232 g/mol. The maximum absolute atomic E-state index is 5.29. The molecule has 0 aliphatic rings. The minimum absolute atomic E-state index is 0.237. The molecule has 0 bridgehead atoms. The number of unbranched alkanes of at least 4 members (excludes halogenated alkanes) is 2. The predicted molar refractivity (Wildman–Crippen MR) is 71.4 cm³/mol. The number of hydrogen-bond acceptors (Lipinski definition) is 7. The summed E-state index contributed by atoms with van der Waals surface area (Å²) in [6.45, 7) is 4.29. The zero-order valence-corrected chi connectivity index (χ0v) is 11.2. The van der Waals surface area contributed by atoms with Crippen molar-refractivity contribution in [1.82, 2.24) is 15.0 Å². The Morgan fingerprint density at radius 1 is 1.22 bits per heavy atom. The van der Waals surface area contributed by atoms with Gasteiger partial charge in [-0.25, -0.2) is 5.84 Å². The maximum atomic E-state index is 5.29. The van der Waals surface area contributed by atoms with E-state index < -0.39 is 0 Å². The second-order valence-electron chi connectivity index (χ2n) is 4.15. The van der Waals surface area contributed by atoms with Crippen molar-refractivity contribution < 1.29 is 4.74 Å². The first kappa shape index (κ1) is 14.4. The van der Waals surface area contributed by atoms with Gasteiger partial charge < -0.3 is 10.1 Å². The Morgan fingerprint density at radius 2 is 1.94 bits per heavy atom. The van der Waals surface area contributed by atoms with E-state index in [4.69, 9.17) is 10.6 Å². The molecule has 0 spiro atoms. The Bertz CT molecular complexity index is 337. The number of nitrogens with one attached hydrogen (secondary N) is 2. The molecular formula is C11H22N6O. The number of hydrazine groups is 1. The fourth-order valence-corrected chi connectivity index (χ4v) is 1.57. The SMILES string of the molecule is CCCCCC(C)Nc1nc(NN)nc(OC)n1. The fraction of sp³-hybridized carbons (Fsp3) is 0.727. The van der Waals surface area contributed by atoms with Gasteiger partial charge in [0.25, 0.3) is 0 Å². The van der Waals surface area contributed by atoms with E-state index in [-0.39, 0.29) is 12.0 Å². The third-order valence-corrected chi connectivity index (χ3v) is 2.54. The molecule has 0 fully saturated rings. The lowest BCUT2D eigenvalue weighted by Crippen LogP contribution is -2.19. The molecule has 0 radical (unpaired) electrons. The maximum Gasteiger partial charge on any atom is 0.322 e. The van der Waals surface area contributed by atoms with Gasteiger partial charge in [-0.3, -0.25) is 5.43 Å². The van der Waals surface area contributed by atoms with Gasteiger partial charge in [-0.15, -0.1) is 0 Å². The van der Waals surface area contributed by atoms with Crippen molar-refractivity contribution in [2.75, 3.05) is 17.9 Å². The van der Waals surface area contributed by atoms with Crippen LogP contribution in [-0.2, 0) is 0 Å². The average Bonchev–Trinajstić information content (AvgIpc) is 2.38. The highest BCUT2D eigenvalue weighted by atomic mass is 16.5. The van der Waals surface area contributed by atoms with Crippen LogP contribution in [0.1, 0.15) is 39.5 Å². The monoisotopic (exact) mass is 254 g/mol. The van der Waals surface area contributed by atoms with Crippen LogP contribution in [0.2, 0.25) is 0 Å². The molecule has 1 rings (SSSR count). The predicted octanol–water partition coefficient (Wildman–Crippen LogP) is 1.55. The summed E-state index contributed by atoms with van der Waals surface area (Å²) in [6.07, 6.45) is 4.72. The van der Waals surface area contributed by atoms with Gasteiger partial charge in [-0.2, -0.15) is 15.0 Å². The van der Waals surface area contributed by atoms with Gasteiger partial charge in [0.1, 0.15) is 0 Å². The Labute approximate surface area is 108 Å². The second kappa shape index (κ2) is 7.65. The number of nitrogen functional groups attached to an aromatic ring is 1. The van der Waals surface area contributed by atoms with Gasteiger partial charge in [0, 0.05) is 6.04 Å². The standard InChI is InChI=1S/C11H22N6O/c1-4-5-6-7-8(2)13-9-14-10(17-12)16-11(15-9)18-3/h8H,4-7,12H2,1-3H3,(H2,13,14,15,16,17). The van der Waals surface area contributed by atoms with E-state index in [2.05, 4.69) is 39.5 Å². The molecule has 0 saturated carbocycles. The molecule has 1 atom stereocenters. The molecule has 1 heterocycles. The molecule has 7 nitrogen and oxygen atoms in total. The number of methoxy groups -OCH3 is 1. The summed E-state index contributed by atoms with van der Waals surface area (Å²) in [7, 11) is 1.50. The second-order valence-corrected chi connectivity index (χ2v) is 4.15. The smallest absolute Gasteiger partial charge is 0.322 e. The first-order chi connectivity index (χ1) is 8.69. The number of rotatable bonds is 8. The highest BCUT2D eigenvalue weighted by Crippen LogP contribution is 2.12. The lowest BCUT2D eigenvalue weighted by Gasteiger charge is -2.14. The Balaban J connectivity index is 2.59. The van der Waals surface area contributed by atoms with E-state index >= 15 is 0 Å². The molecule has 0 aliphatic heterocycles. The van der Waals surface area contributed by atoms with E-state index in [1.807, 2.05) is 0 Å². The van der Waals surface area contributed by atoms with Crippen LogP contribution in [0.25, 0.3) is 0 Å². The fourth-order valence-electron chi connectivity index (χ4n) is 1.57. The van der Waals surface area contributed by atoms with E-state index in [0.717, 1.165) is 6.42 Å². The summed E-state index contributed by atoms with van der Waals surface area (Å²) in [4.78, 5) is 12.2. The van der Waals surface area contributed by atoms with Crippen molar-refractivity contribution in [3.05, 3.63) is 0 Å². The van der Waals surface area contributed by atoms with Gasteiger partial charge >= 0.3 is 6.01 Å². The molecule has 0 saturated heterocycles. The molecule has 102 valence electrons. The van der Waals surface area contributed by atoms with Crippen molar-refractivity contribution in [2.24, 2.45) is 5.84 Å². The largest absolute Gasteiger partial charge is 0.467 e. The summed E-state index contributed by atoms with van der Waals surface area (Å²) in [5.74, 6) is 6.04. The molecule has 0 amide bonds. The summed E-state index contributed by atoms with van der Waals surface area (Å²) < 4.78 is 4.98. The van der Waals surface area contributed by atoms with Crippen molar-refractivity contribution in [3.8, 4) is 6.01 Å². The highest BCUT2D eigenvalue weighted by Gasteiger charge is 2.08. The van der Waals surface area contributed by atoms with Crippen LogP contribution in [0.3, 0.4) is 0 Å². The minimum Gasteiger partial charge on any atom is -0.467 e. The topological polar surface area (TPSA) is 98.0 Å². The Kier molecular flexibility index (Phi) is 6.13. The van der Waals surface area contributed by atoms with Crippen LogP contribution in [0, 0.1) is 0 Å². The van der Waals surface area contributed by atoms with Crippen molar-refractivity contribution in [3.63, 3.8) is 0 Å². The molecule has 1 unspecified atom stereocenters. The van der Waals surface area contributed by atoms with E-state index in [0.29, 0.717) is 12.0 Å². The van der Waals surface area contributed by atoms with Gasteiger partial charge in [0.05, 0.1) is 7.11 Å². The van der Waals surface area contributed by atoms with E-state index in [9.17, 15) is 0 Å². The Morgan fingerprint density at radius 3 is 2.56 bits per heavy atom. The zero-order chi connectivity index (χ0) is 13.4. The van der Waals surface area contributed by atoms with Crippen LogP contribution in [0.4, 0.5) is 11.9 Å².